The van der Waals surface area contributed by atoms with Gasteiger partial charge in [-0.25, -0.2) is 14.8 Å². The number of ether oxygens (including phenoxy) is 1. The van der Waals surface area contributed by atoms with Gasteiger partial charge in [-0.3, -0.25) is 5.32 Å². The van der Waals surface area contributed by atoms with Gasteiger partial charge in [-0.2, -0.15) is 13.2 Å². The third kappa shape index (κ3) is 3.84. The fourth-order valence-corrected chi connectivity index (χ4v) is 3.67. The molecule has 154 valence electrons. The van der Waals surface area contributed by atoms with Crippen molar-refractivity contribution < 1.29 is 22.7 Å². The first-order valence-corrected chi connectivity index (χ1v) is 9.23. The Bertz CT molecular complexity index is 950. The van der Waals surface area contributed by atoms with Gasteiger partial charge >= 0.3 is 12.3 Å². The minimum absolute atomic E-state index is 0.165. The van der Waals surface area contributed by atoms with E-state index in [-0.39, 0.29) is 23.0 Å². The first kappa shape index (κ1) is 19.4. The Kier molecular flexibility index (Phi) is 4.81. The van der Waals surface area contributed by atoms with Crippen LogP contribution in [-0.4, -0.2) is 47.9 Å². The molecule has 4 rings (SSSR count). The van der Waals surface area contributed by atoms with Gasteiger partial charge < -0.3 is 15.0 Å². The summed E-state index contributed by atoms with van der Waals surface area (Å²) in [4.78, 5) is 22.2. The van der Waals surface area contributed by atoms with Gasteiger partial charge in [-0.15, -0.1) is 0 Å². The summed E-state index contributed by atoms with van der Waals surface area (Å²) in [5.74, 6) is 0.532. The highest BCUT2D eigenvalue weighted by molar-refractivity contribution is 5.89. The van der Waals surface area contributed by atoms with Crippen LogP contribution in [0, 0.1) is 6.92 Å². The number of fused-ring (bicyclic) bond motifs is 1. The smallest absolute Gasteiger partial charge is 0.430 e. The van der Waals surface area contributed by atoms with Crippen molar-refractivity contribution in [1.82, 2.24) is 15.3 Å². The molecule has 2 atom stereocenters. The summed E-state index contributed by atoms with van der Waals surface area (Å²) in [6.07, 6.45) is -7.01. The van der Waals surface area contributed by atoms with Crippen LogP contribution in [-0.2, 0) is 4.74 Å². The normalized spacial score (nSPS) is 22.0. The Morgan fingerprint density at radius 3 is 2.83 bits per heavy atom. The Morgan fingerprint density at radius 1 is 1.31 bits per heavy atom. The first-order chi connectivity index (χ1) is 13.7. The summed E-state index contributed by atoms with van der Waals surface area (Å²) >= 11 is 0. The lowest BCUT2D eigenvalue weighted by Crippen LogP contribution is -2.49. The van der Waals surface area contributed by atoms with Crippen LogP contribution in [0.2, 0.25) is 0 Å². The zero-order valence-corrected chi connectivity index (χ0v) is 15.9. The molecule has 7 nitrogen and oxygen atoms in total. The Labute approximate surface area is 165 Å². The number of piperazine rings is 1. The number of hydrogen-bond acceptors (Lipinski definition) is 6. The molecule has 0 saturated carbocycles. The van der Waals surface area contributed by atoms with Gasteiger partial charge in [0.2, 0.25) is 6.10 Å². The van der Waals surface area contributed by atoms with Crippen molar-refractivity contribution in [3.8, 4) is 11.3 Å². The number of rotatable bonds is 2. The molecule has 2 aliphatic heterocycles. The second-order valence-electron chi connectivity index (χ2n) is 7.26. The minimum atomic E-state index is -4.77. The molecular weight excluding hydrogens is 387 g/mol. The van der Waals surface area contributed by atoms with Gasteiger partial charge in [0, 0.05) is 37.4 Å². The van der Waals surface area contributed by atoms with Crippen molar-refractivity contribution in [3.05, 3.63) is 35.5 Å². The average Bonchev–Trinajstić information content (AvgIpc) is 2.65. The highest BCUT2D eigenvalue weighted by Gasteiger charge is 2.49. The lowest BCUT2D eigenvalue weighted by atomic mass is 9.98. The molecule has 10 heteroatoms. The van der Waals surface area contributed by atoms with E-state index in [0.29, 0.717) is 11.5 Å². The van der Waals surface area contributed by atoms with Crippen molar-refractivity contribution in [2.45, 2.75) is 32.2 Å². The molecule has 0 bridgehead atoms. The fourth-order valence-electron chi connectivity index (χ4n) is 3.67. The average molecular weight is 407 g/mol. The number of amides is 1. The number of carbonyl (C=O) groups excluding carboxylic acids is 1. The van der Waals surface area contributed by atoms with Crippen LogP contribution in [0.1, 0.15) is 24.2 Å². The number of alkyl halides is 3. The monoisotopic (exact) mass is 407 g/mol. The molecule has 2 N–H and O–H groups in total. The van der Waals surface area contributed by atoms with Crippen molar-refractivity contribution in [1.29, 1.82) is 0 Å². The van der Waals surface area contributed by atoms with Crippen LogP contribution in [0.5, 0.6) is 0 Å². The Balaban J connectivity index is 1.82. The predicted molar refractivity (Wildman–Crippen MR) is 101 cm³/mol. The number of nitrogens with one attached hydrogen (secondary N) is 2. The van der Waals surface area contributed by atoms with Crippen molar-refractivity contribution in [3.63, 3.8) is 0 Å². The highest BCUT2D eigenvalue weighted by Crippen LogP contribution is 2.45. The van der Waals surface area contributed by atoms with Gasteiger partial charge in [-0.1, -0.05) is 0 Å². The number of cyclic esters (lactones) is 1. The second kappa shape index (κ2) is 7.18. The molecule has 0 radical (unpaired) electrons. The van der Waals surface area contributed by atoms with Gasteiger partial charge in [0.15, 0.2) is 0 Å². The molecule has 2 aromatic heterocycles. The standard InChI is InChI=1S/C19H20F3N5O2/c1-10-7-13(25-14(8-10)27-6-5-23-11(2)9-27)12-3-4-24-17-15(12)16(19(20,21)22)29-18(28)26-17/h3-4,7-8,11,16,23H,5-6,9H2,1-2H3,(H,24,26,28)/t11-,16+/m0/s1. The quantitative estimate of drug-likeness (QED) is 0.794. The number of halogens is 3. The number of pyridine rings is 2. The van der Waals surface area contributed by atoms with E-state index >= 15 is 0 Å². The maximum Gasteiger partial charge on any atom is 0.430 e. The van der Waals surface area contributed by atoms with Crippen LogP contribution in [0.3, 0.4) is 0 Å². The van der Waals surface area contributed by atoms with Crippen LogP contribution in [0.4, 0.5) is 29.6 Å². The fraction of sp³-hybridized carbons (Fsp3) is 0.421. The summed E-state index contributed by atoms with van der Waals surface area (Å²) in [5, 5.41) is 5.60. The van der Waals surface area contributed by atoms with Crippen LogP contribution in [0.15, 0.2) is 24.4 Å². The third-order valence-electron chi connectivity index (χ3n) is 4.92. The topological polar surface area (TPSA) is 79.4 Å². The SMILES string of the molecule is Cc1cc(-c2ccnc3c2[C@H](C(F)(F)F)OC(=O)N3)nc(N2CCN[C@@H](C)C2)c1. The maximum atomic E-state index is 13.6. The lowest BCUT2D eigenvalue weighted by molar-refractivity contribution is -0.206. The van der Waals surface area contributed by atoms with E-state index in [0.717, 1.165) is 25.2 Å². The van der Waals surface area contributed by atoms with Crippen molar-refractivity contribution >= 4 is 17.7 Å². The second-order valence-corrected chi connectivity index (χ2v) is 7.26. The third-order valence-corrected chi connectivity index (χ3v) is 4.92. The van der Waals surface area contributed by atoms with E-state index in [1.54, 1.807) is 6.07 Å². The highest BCUT2D eigenvalue weighted by atomic mass is 19.4. The lowest BCUT2D eigenvalue weighted by Gasteiger charge is -2.33. The summed E-state index contributed by atoms with van der Waals surface area (Å²) in [6, 6.07) is 5.37. The first-order valence-electron chi connectivity index (χ1n) is 9.23. The summed E-state index contributed by atoms with van der Waals surface area (Å²) in [7, 11) is 0. The van der Waals surface area contributed by atoms with Gasteiger partial charge in [0.25, 0.3) is 0 Å². The summed E-state index contributed by atoms with van der Waals surface area (Å²) in [5.41, 5.74) is 1.23. The minimum Gasteiger partial charge on any atom is -0.431 e. The molecule has 4 heterocycles. The molecule has 0 aliphatic carbocycles. The molecule has 0 spiro atoms. The van der Waals surface area contributed by atoms with E-state index in [4.69, 9.17) is 0 Å². The molecule has 1 amide bonds. The molecule has 0 unspecified atom stereocenters. The predicted octanol–water partition coefficient (Wildman–Crippen LogP) is 3.42. The molecule has 29 heavy (non-hydrogen) atoms. The van der Waals surface area contributed by atoms with Crippen molar-refractivity contribution in [2.24, 2.45) is 0 Å². The van der Waals surface area contributed by atoms with Gasteiger partial charge in [0.1, 0.15) is 11.6 Å². The van der Waals surface area contributed by atoms with Gasteiger partial charge in [0.05, 0.1) is 11.3 Å². The number of aryl methyl sites for hydroxylation is 1. The molecule has 2 aromatic rings. The number of anilines is 2. The zero-order valence-electron chi connectivity index (χ0n) is 15.9. The van der Waals surface area contributed by atoms with Crippen LogP contribution >= 0.6 is 0 Å². The van der Waals surface area contributed by atoms with E-state index in [2.05, 4.69) is 37.2 Å². The zero-order chi connectivity index (χ0) is 20.8. The number of carbonyl (C=O) groups is 1. The van der Waals surface area contributed by atoms with Crippen molar-refractivity contribution in [2.75, 3.05) is 29.9 Å². The van der Waals surface area contributed by atoms with E-state index < -0.39 is 18.4 Å². The largest absolute Gasteiger partial charge is 0.431 e. The van der Waals surface area contributed by atoms with E-state index in [9.17, 15) is 18.0 Å². The summed E-state index contributed by atoms with van der Waals surface area (Å²) in [6.45, 7) is 6.23. The Morgan fingerprint density at radius 2 is 2.10 bits per heavy atom. The van der Waals surface area contributed by atoms with Crippen LogP contribution < -0.4 is 15.5 Å². The molecule has 1 fully saturated rings. The molecule has 1 saturated heterocycles. The van der Waals surface area contributed by atoms with E-state index in [1.165, 1.54) is 12.3 Å². The number of nitrogens with zero attached hydrogens (tertiary/aromatic N) is 3. The van der Waals surface area contributed by atoms with Crippen LogP contribution in [0.25, 0.3) is 11.3 Å². The van der Waals surface area contributed by atoms with E-state index in [1.807, 2.05) is 13.0 Å². The molecule has 2 aliphatic rings. The number of hydrogen-bond donors (Lipinski definition) is 2. The molecule has 0 aromatic carbocycles. The maximum absolute atomic E-state index is 13.6. The number of aromatic nitrogens is 2. The van der Waals surface area contributed by atoms with Gasteiger partial charge in [-0.05, 0) is 37.6 Å². The molecular formula is C19H20F3N5O2. The Hall–Kier alpha value is -2.88. The summed E-state index contributed by atoms with van der Waals surface area (Å²) < 4.78 is 45.4.